The molecule has 0 unspecified atom stereocenters. The van der Waals surface area contributed by atoms with Crippen LogP contribution in [0.15, 0.2) is 24.3 Å². The van der Waals surface area contributed by atoms with E-state index in [0.29, 0.717) is 11.1 Å². The number of fused-ring (bicyclic) bond motifs is 1. The molecule has 3 amide bonds. The van der Waals surface area contributed by atoms with Crippen molar-refractivity contribution in [3.05, 3.63) is 35.4 Å². The second-order valence-corrected chi connectivity index (χ2v) is 4.20. The lowest BCUT2D eigenvalue weighted by molar-refractivity contribution is -0.120. The Balaban J connectivity index is 0.00000200. The Morgan fingerprint density at radius 1 is 1.15 bits per heavy atom. The van der Waals surface area contributed by atoms with Gasteiger partial charge in [-0.1, -0.05) is 12.1 Å². The van der Waals surface area contributed by atoms with E-state index in [0.717, 1.165) is 4.90 Å². The first-order valence-electron chi connectivity index (χ1n) is 6.07. The monoisotopic (exact) mass is 297 g/mol. The van der Waals surface area contributed by atoms with Gasteiger partial charge in [-0.05, 0) is 12.1 Å². The number of benzene rings is 1. The minimum atomic E-state index is -0.311. The smallest absolute Gasteiger partial charge is 0.261 e. The van der Waals surface area contributed by atoms with Crippen molar-refractivity contribution >= 4 is 30.1 Å². The zero-order valence-corrected chi connectivity index (χ0v) is 11.6. The summed E-state index contributed by atoms with van der Waals surface area (Å²) in [5.74, 6) is -0.804. The van der Waals surface area contributed by atoms with E-state index >= 15 is 0 Å². The van der Waals surface area contributed by atoms with Crippen LogP contribution in [-0.4, -0.2) is 42.3 Å². The standard InChI is InChI=1S/C13H15N3O3.ClH/c14-6-5-11(17)15-7-8-16-12(18)9-3-1-2-4-10(9)13(16)19;/h1-4H,5-8,14H2,(H,15,17);1H. The van der Waals surface area contributed by atoms with E-state index < -0.39 is 0 Å². The van der Waals surface area contributed by atoms with Crippen LogP contribution in [0.4, 0.5) is 0 Å². The van der Waals surface area contributed by atoms with Crippen LogP contribution in [-0.2, 0) is 4.79 Å². The van der Waals surface area contributed by atoms with E-state index in [2.05, 4.69) is 5.32 Å². The van der Waals surface area contributed by atoms with Crippen LogP contribution in [0.5, 0.6) is 0 Å². The molecular weight excluding hydrogens is 282 g/mol. The Morgan fingerprint density at radius 2 is 1.70 bits per heavy atom. The topological polar surface area (TPSA) is 92.5 Å². The molecule has 0 radical (unpaired) electrons. The van der Waals surface area contributed by atoms with Crippen molar-refractivity contribution in [2.75, 3.05) is 19.6 Å². The van der Waals surface area contributed by atoms with Crippen LogP contribution in [0.2, 0.25) is 0 Å². The number of nitrogens with two attached hydrogens (primary N) is 1. The highest BCUT2D eigenvalue weighted by Gasteiger charge is 2.34. The van der Waals surface area contributed by atoms with Crippen molar-refractivity contribution in [2.24, 2.45) is 5.73 Å². The largest absolute Gasteiger partial charge is 0.354 e. The molecule has 20 heavy (non-hydrogen) atoms. The van der Waals surface area contributed by atoms with E-state index in [-0.39, 0.29) is 56.2 Å². The molecule has 0 aliphatic carbocycles. The number of hydrogen-bond acceptors (Lipinski definition) is 4. The second kappa shape index (κ2) is 7.02. The third-order valence-corrected chi connectivity index (χ3v) is 2.91. The first-order chi connectivity index (χ1) is 9.15. The number of imide groups is 1. The van der Waals surface area contributed by atoms with Gasteiger partial charge in [0, 0.05) is 26.1 Å². The summed E-state index contributed by atoms with van der Waals surface area (Å²) in [5.41, 5.74) is 6.08. The number of carbonyl (C=O) groups excluding carboxylic acids is 3. The van der Waals surface area contributed by atoms with Crippen LogP contribution in [0, 0.1) is 0 Å². The van der Waals surface area contributed by atoms with Gasteiger partial charge in [-0.2, -0.15) is 0 Å². The Kier molecular flexibility index (Phi) is 5.66. The first kappa shape index (κ1) is 16.1. The molecule has 0 fully saturated rings. The number of carbonyl (C=O) groups is 3. The normalized spacial score (nSPS) is 12.9. The molecule has 1 aliphatic heterocycles. The van der Waals surface area contributed by atoms with Crippen molar-refractivity contribution < 1.29 is 14.4 Å². The zero-order valence-electron chi connectivity index (χ0n) is 10.8. The molecule has 3 N–H and O–H groups in total. The van der Waals surface area contributed by atoms with Crippen molar-refractivity contribution in [1.82, 2.24) is 10.2 Å². The number of hydrogen-bond donors (Lipinski definition) is 2. The summed E-state index contributed by atoms with van der Waals surface area (Å²) >= 11 is 0. The van der Waals surface area contributed by atoms with Gasteiger partial charge in [-0.25, -0.2) is 0 Å². The number of nitrogens with one attached hydrogen (secondary N) is 1. The molecule has 0 saturated heterocycles. The SMILES string of the molecule is Cl.NCCC(=O)NCCN1C(=O)c2ccccc2C1=O. The third kappa shape index (κ3) is 3.15. The fraction of sp³-hybridized carbons (Fsp3) is 0.308. The van der Waals surface area contributed by atoms with E-state index in [1.165, 1.54) is 0 Å². The third-order valence-electron chi connectivity index (χ3n) is 2.91. The van der Waals surface area contributed by atoms with Crippen LogP contribution >= 0.6 is 12.4 Å². The molecule has 0 atom stereocenters. The van der Waals surface area contributed by atoms with Gasteiger partial charge in [0.25, 0.3) is 11.8 Å². The predicted molar refractivity (Wildman–Crippen MR) is 75.7 cm³/mol. The summed E-state index contributed by atoms with van der Waals surface area (Å²) in [6, 6.07) is 6.69. The quantitative estimate of drug-likeness (QED) is 0.758. The lowest BCUT2D eigenvalue weighted by Gasteiger charge is -2.14. The number of rotatable bonds is 5. The molecule has 1 aromatic carbocycles. The van der Waals surface area contributed by atoms with Crippen molar-refractivity contribution in [3.8, 4) is 0 Å². The van der Waals surface area contributed by atoms with Gasteiger partial charge in [0.05, 0.1) is 11.1 Å². The summed E-state index contributed by atoms with van der Waals surface area (Å²) < 4.78 is 0. The summed E-state index contributed by atoms with van der Waals surface area (Å²) in [5, 5.41) is 2.61. The average molecular weight is 298 g/mol. The van der Waals surface area contributed by atoms with Crippen LogP contribution in [0.25, 0.3) is 0 Å². The molecular formula is C13H16ClN3O3. The molecule has 2 rings (SSSR count). The first-order valence-corrected chi connectivity index (χ1v) is 6.07. The zero-order chi connectivity index (χ0) is 13.8. The van der Waals surface area contributed by atoms with Gasteiger partial charge in [-0.15, -0.1) is 12.4 Å². The molecule has 0 spiro atoms. The van der Waals surface area contributed by atoms with E-state index in [1.807, 2.05) is 0 Å². The molecule has 108 valence electrons. The molecule has 0 bridgehead atoms. The lowest BCUT2D eigenvalue weighted by Crippen LogP contribution is -2.38. The fourth-order valence-corrected chi connectivity index (χ4v) is 1.97. The lowest BCUT2D eigenvalue weighted by atomic mass is 10.1. The highest BCUT2D eigenvalue weighted by Crippen LogP contribution is 2.21. The van der Waals surface area contributed by atoms with Gasteiger partial charge >= 0.3 is 0 Å². The Bertz CT molecular complexity index is 498. The van der Waals surface area contributed by atoms with Gasteiger partial charge in [-0.3, -0.25) is 19.3 Å². The number of nitrogens with zero attached hydrogens (tertiary/aromatic N) is 1. The number of amides is 3. The molecule has 1 heterocycles. The van der Waals surface area contributed by atoms with Gasteiger partial charge in [0.1, 0.15) is 0 Å². The molecule has 1 aliphatic rings. The Labute approximate surface area is 122 Å². The Hall–Kier alpha value is -1.92. The van der Waals surface area contributed by atoms with Crippen LogP contribution < -0.4 is 11.1 Å². The van der Waals surface area contributed by atoms with Gasteiger partial charge in [0.15, 0.2) is 0 Å². The highest BCUT2D eigenvalue weighted by molar-refractivity contribution is 6.21. The summed E-state index contributed by atoms with van der Waals surface area (Å²) in [6.45, 7) is 0.686. The summed E-state index contributed by atoms with van der Waals surface area (Å²) in [6.07, 6.45) is 0.238. The van der Waals surface area contributed by atoms with E-state index in [9.17, 15) is 14.4 Å². The average Bonchev–Trinajstić information content (AvgIpc) is 2.65. The van der Waals surface area contributed by atoms with Crippen molar-refractivity contribution in [2.45, 2.75) is 6.42 Å². The maximum Gasteiger partial charge on any atom is 0.261 e. The van der Waals surface area contributed by atoms with Gasteiger partial charge in [0.2, 0.25) is 5.91 Å². The molecule has 6 nitrogen and oxygen atoms in total. The molecule has 1 aromatic rings. The summed E-state index contributed by atoms with van der Waals surface area (Å²) in [7, 11) is 0. The minimum absolute atomic E-state index is 0. The van der Waals surface area contributed by atoms with Crippen LogP contribution in [0.3, 0.4) is 0 Å². The van der Waals surface area contributed by atoms with E-state index in [4.69, 9.17) is 5.73 Å². The molecule has 0 aromatic heterocycles. The maximum atomic E-state index is 12.0. The van der Waals surface area contributed by atoms with E-state index in [1.54, 1.807) is 24.3 Å². The minimum Gasteiger partial charge on any atom is -0.354 e. The number of halogens is 1. The second-order valence-electron chi connectivity index (χ2n) is 4.20. The van der Waals surface area contributed by atoms with Crippen molar-refractivity contribution in [3.63, 3.8) is 0 Å². The molecule has 7 heteroatoms. The van der Waals surface area contributed by atoms with Gasteiger partial charge < -0.3 is 11.1 Å². The Morgan fingerprint density at radius 3 is 2.20 bits per heavy atom. The summed E-state index contributed by atoms with van der Waals surface area (Å²) in [4.78, 5) is 36.3. The van der Waals surface area contributed by atoms with Crippen molar-refractivity contribution in [1.29, 1.82) is 0 Å². The predicted octanol–water partition coefficient (Wildman–Crippen LogP) is 0.169. The van der Waals surface area contributed by atoms with Crippen LogP contribution in [0.1, 0.15) is 27.1 Å². The molecule has 0 saturated carbocycles. The highest BCUT2D eigenvalue weighted by atomic mass is 35.5. The maximum absolute atomic E-state index is 12.0. The fourth-order valence-electron chi connectivity index (χ4n) is 1.97.